The number of rotatable bonds is 10. The minimum absolute atomic E-state index is 0.206. The molecule has 2 amide bonds. The van der Waals surface area contributed by atoms with Gasteiger partial charge < -0.3 is 24.3 Å². The first-order valence-corrected chi connectivity index (χ1v) is 13.3. The molecule has 1 aliphatic rings. The van der Waals surface area contributed by atoms with Gasteiger partial charge in [0.2, 0.25) is 5.91 Å². The van der Waals surface area contributed by atoms with Crippen molar-refractivity contribution in [3.05, 3.63) is 87.3 Å². The van der Waals surface area contributed by atoms with Crippen LogP contribution in [0, 0.1) is 0 Å². The minimum atomic E-state index is -0.444. The van der Waals surface area contributed by atoms with Crippen LogP contribution in [0.4, 0.5) is 0 Å². The van der Waals surface area contributed by atoms with Crippen LogP contribution in [0.15, 0.2) is 70.6 Å². The third-order valence-corrected chi connectivity index (χ3v) is 6.56. The summed E-state index contributed by atoms with van der Waals surface area (Å²) in [6.45, 7) is 4.38. The SMILES string of the molecule is CCOc1cc(COc2c(Cl)cc(/C=C3/SC(NC(C)=O)=NC3=O)cc2OC)ccc1OCc1ccccc1. The third-order valence-electron chi connectivity index (χ3n) is 5.38. The van der Waals surface area contributed by atoms with E-state index < -0.39 is 5.91 Å². The van der Waals surface area contributed by atoms with Crippen LogP contribution in [-0.4, -0.2) is 30.7 Å². The first kappa shape index (κ1) is 28.1. The highest BCUT2D eigenvalue weighted by Crippen LogP contribution is 2.39. The Hall–Kier alpha value is -3.95. The van der Waals surface area contributed by atoms with Gasteiger partial charge in [0, 0.05) is 6.92 Å². The number of thioether (sulfide) groups is 1. The van der Waals surface area contributed by atoms with Crippen molar-refractivity contribution >= 4 is 46.4 Å². The summed E-state index contributed by atoms with van der Waals surface area (Å²) in [4.78, 5) is 27.7. The van der Waals surface area contributed by atoms with E-state index in [9.17, 15) is 9.59 Å². The smallest absolute Gasteiger partial charge is 0.286 e. The Bertz CT molecular complexity index is 1420. The van der Waals surface area contributed by atoms with Crippen LogP contribution in [0.5, 0.6) is 23.0 Å². The monoisotopic (exact) mass is 566 g/mol. The predicted molar refractivity (Wildman–Crippen MR) is 153 cm³/mol. The Morgan fingerprint density at radius 2 is 1.74 bits per heavy atom. The second-order valence-corrected chi connectivity index (χ2v) is 9.76. The van der Waals surface area contributed by atoms with E-state index in [1.54, 1.807) is 18.2 Å². The second-order valence-electron chi connectivity index (χ2n) is 8.33. The van der Waals surface area contributed by atoms with Crippen molar-refractivity contribution in [3.8, 4) is 23.0 Å². The predicted octanol–water partition coefficient (Wildman–Crippen LogP) is 6.01. The number of methoxy groups -OCH3 is 1. The molecule has 4 rings (SSSR count). The zero-order valence-corrected chi connectivity index (χ0v) is 23.2. The molecule has 0 aliphatic carbocycles. The Labute approximate surface area is 236 Å². The van der Waals surface area contributed by atoms with E-state index >= 15 is 0 Å². The maximum Gasteiger partial charge on any atom is 0.286 e. The maximum absolute atomic E-state index is 12.2. The van der Waals surface area contributed by atoms with Crippen LogP contribution in [0.1, 0.15) is 30.5 Å². The van der Waals surface area contributed by atoms with Crippen LogP contribution in [0.2, 0.25) is 5.02 Å². The van der Waals surface area contributed by atoms with Gasteiger partial charge in [0.15, 0.2) is 28.2 Å². The average molecular weight is 567 g/mol. The standard InChI is InChI=1S/C29H27ClN2O6S/c1-4-36-24-13-20(10-11-23(24)37-16-19-8-6-5-7-9-19)17-38-27-22(30)12-21(14-25(27)35-3)15-26-28(34)32-29(39-26)31-18(2)33/h5-15H,4,16-17H2,1-3H3,(H,31,32,33,34)/b26-15+. The number of nitrogens with one attached hydrogen (secondary N) is 1. The Morgan fingerprint density at radius 3 is 2.46 bits per heavy atom. The molecular formula is C29H27ClN2O6S. The van der Waals surface area contributed by atoms with Crippen LogP contribution < -0.4 is 24.3 Å². The van der Waals surface area contributed by atoms with Gasteiger partial charge in [0.05, 0.1) is 23.6 Å². The number of amidine groups is 1. The number of benzene rings is 3. The number of hydrogen-bond donors (Lipinski definition) is 1. The molecule has 8 nitrogen and oxygen atoms in total. The minimum Gasteiger partial charge on any atom is -0.493 e. The summed E-state index contributed by atoms with van der Waals surface area (Å²) < 4.78 is 23.3. The van der Waals surface area contributed by atoms with Crippen molar-refractivity contribution in [1.82, 2.24) is 5.32 Å². The molecule has 0 saturated carbocycles. The molecule has 0 aromatic heterocycles. The number of hydrogen-bond acceptors (Lipinski definition) is 7. The van der Waals surface area contributed by atoms with Gasteiger partial charge in [-0.3, -0.25) is 9.59 Å². The normalized spacial score (nSPS) is 13.7. The van der Waals surface area contributed by atoms with Gasteiger partial charge >= 0.3 is 0 Å². The fraction of sp³-hybridized carbons (Fsp3) is 0.207. The quantitative estimate of drug-likeness (QED) is 0.300. The highest BCUT2D eigenvalue weighted by Gasteiger charge is 2.23. The molecule has 0 bridgehead atoms. The van der Waals surface area contributed by atoms with E-state index in [-0.39, 0.29) is 17.7 Å². The van der Waals surface area contributed by atoms with Gasteiger partial charge in [-0.2, -0.15) is 4.99 Å². The summed E-state index contributed by atoms with van der Waals surface area (Å²) in [6, 6.07) is 18.9. The molecule has 3 aromatic carbocycles. The summed E-state index contributed by atoms with van der Waals surface area (Å²) in [6.07, 6.45) is 1.63. The van der Waals surface area contributed by atoms with Gasteiger partial charge in [-0.1, -0.05) is 48.0 Å². The lowest BCUT2D eigenvalue weighted by molar-refractivity contribution is -0.117. The second kappa shape index (κ2) is 13.2. The highest BCUT2D eigenvalue weighted by atomic mass is 35.5. The fourth-order valence-electron chi connectivity index (χ4n) is 3.65. The molecule has 10 heteroatoms. The Morgan fingerprint density at radius 1 is 0.974 bits per heavy atom. The molecule has 0 atom stereocenters. The molecule has 0 radical (unpaired) electrons. The number of halogens is 1. The van der Waals surface area contributed by atoms with Crippen molar-refractivity contribution in [2.24, 2.45) is 4.99 Å². The maximum atomic E-state index is 12.2. The van der Waals surface area contributed by atoms with Crippen LogP contribution in [0.25, 0.3) is 6.08 Å². The lowest BCUT2D eigenvalue weighted by Crippen LogP contribution is -2.23. The molecule has 1 heterocycles. The summed E-state index contributed by atoms with van der Waals surface area (Å²) in [5.41, 5.74) is 2.54. The summed E-state index contributed by atoms with van der Waals surface area (Å²) >= 11 is 7.62. The number of aliphatic imine (C=N–C) groups is 1. The number of carbonyl (C=O) groups excluding carboxylic acids is 2. The van der Waals surface area contributed by atoms with Crippen molar-refractivity contribution in [2.75, 3.05) is 13.7 Å². The molecule has 39 heavy (non-hydrogen) atoms. The lowest BCUT2D eigenvalue weighted by Gasteiger charge is -2.16. The number of nitrogens with zero attached hydrogens (tertiary/aromatic N) is 1. The van der Waals surface area contributed by atoms with E-state index in [4.69, 9.17) is 30.5 Å². The van der Waals surface area contributed by atoms with Gasteiger partial charge in [-0.05, 0) is 65.7 Å². The van der Waals surface area contributed by atoms with Gasteiger partial charge in [-0.15, -0.1) is 0 Å². The Kier molecular flexibility index (Phi) is 9.51. The molecule has 0 fully saturated rings. The molecule has 0 saturated heterocycles. The molecule has 3 aromatic rings. The number of ether oxygens (including phenoxy) is 4. The van der Waals surface area contributed by atoms with E-state index in [1.807, 2.05) is 55.5 Å². The third kappa shape index (κ3) is 7.55. The topological polar surface area (TPSA) is 95.5 Å². The van der Waals surface area contributed by atoms with E-state index in [0.29, 0.717) is 51.7 Å². The van der Waals surface area contributed by atoms with E-state index in [1.165, 1.54) is 14.0 Å². The molecule has 202 valence electrons. The molecule has 1 N–H and O–H groups in total. The molecular weight excluding hydrogens is 540 g/mol. The highest BCUT2D eigenvalue weighted by molar-refractivity contribution is 8.18. The van der Waals surface area contributed by atoms with Crippen LogP contribution in [-0.2, 0) is 22.8 Å². The fourth-order valence-corrected chi connectivity index (χ4v) is 4.78. The van der Waals surface area contributed by atoms with Gasteiger partial charge in [-0.25, -0.2) is 0 Å². The average Bonchev–Trinajstić information content (AvgIpc) is 3.25. The molecule has 1 aliphatic heterocycles. The first-order valence-electron chi connectivity index (χ1n) is 12.1. The number of amides is 2. The molecule has 0 unspecified atom stereocenters. The number of carbonyl (C=O) groups is 2. The summed E-state index contributed by atoms with van der Waals surface area (Å²) in [7, 11) is 1.51. The van der Waals surface area contributed by atoms with E-state index in [0.717, 1.165) is 22.9 Å². The van der Waals surface area contributed by atoms with Crippen LogP contribution >= 0.6 is 23.4 Å². The summed E-state index contributed by atoms with van der Waals surface area (Å²) in [5.74, 6) is 1.28. The van der Waals surface area contributed by atoms with Gasteiger partial charge in [0.1, 0.15) is 13.2 Å². The van der Waals surface area contributed by atoms with Crippen molar-refractivity contribution < 1.29 is 28.5 Å². The zero-order chi connectivity index (χ0) is 27.8. The van der Waals surface area contributed by atoms with Gasteiger partial charge in [0.25, 0.3) is 5.91 Å². The zero-order valence-electron chi connectivity index (χ0n) is 21.7. The van der Waals surface area contributed by atoms with Crippen LogP contribution in [0.3, 0.4) is 0 Å². The molecule has 0 spiro atoms. The first-order chi connectivity index (χ1) is 18.9. The Balaban J connectivity index is 1.47. The van der Waals surface area contributed by atoms with E-state index in [2.05, 4.69) is 10.3 Å². The van der Waals surface area contributed by atoms with Crippen molar-refractivity contribution in [2.45, 2.75) is 27.1 Å². The summed E-state index contributed by atoms with van der Waals surface area (Å²) in [5, 5.41) is 3.07. The largest absolute Gasteiger partial charge is 0.493 e. The van der Waals surface area contributed by atoms with Crippen molar-refractivity contribution in [3.63, 3.8) is 0 Å². The van der Waals surface area contributed by atoms with Crippen molar-refractivity contribution in [1.29, 1.82) is 0 Å². The lowest BCUT2D eigenvalue weighted by atomic mass is 10.1.